The average molecular weight is 867 g/mol. The Hall–Kier alpha value is -9.12. The van der Waals surface area contributed by atoms with E-state index >= 15 is 0 Å². The van der Waals surface area contributed by atoms with Crippen LogP contribution in [0.2, 0.25) is 0 Å². The number of benzene rings is 9. The van der Waals surface area contributed by atoms with Crippen LogP contribution in [0.1, 0.15) is 0 Å². The van der Waals surface area contributed by atoms with Gasteiger partial charge < -0.3 is 4.57 Å². The van der Waals surface area contributed by atoms with E-state index < -0.39 is 0 Å². The second kappa shape index (κ2) is 16.4. The molecule has 4 heteroatoms. The van der Waals surface area contributed by atoms with Crippen molar-refractivity contribution in [2.45, 2.75) is 0 Å². The summed E-state index contributed by atoms with van der Waals surface area (Å²) in [6, 6.07) is 91.0. The number of nitrogens with zero attached hydrogens (tertiary/aromatic N) is 4. The van der Waals surface area contributed by atoms with E-state index in [4.69, 9.17) is 10.1 Å². The van der Waals surface area contributed by atoms with Gasteiger partial charge in [0, 0.05) is 49.7 Å². The molecule has 0 aliphatic heterocycles. The minimum atomic E-state index is 0.930. The lowest BCUT2D eigenvalue weighted by Crippen LogP contribution is -1.96. The zero-order chi connectivity index (χ0) is 45.0. The second-order valence-electron chi connectivity index (χ2n) is 17.4. The van der Waals surface area contributed by atoms with Gasteiger partial charge in [0.2, 0.25) is 0 Å². The molecule has 0 amide bonds. The summed E-state index contributed by atoms with van der Waals surface area (Å²) in [5, 5.41) is 10.2. The summed E-state index contributed by atoms with van der Waals surface area (Å²) in [4.78, 5) is 5.27. The van der Waals surface area contributed by atoms with Gasteiger partial charge in [0.05, 0.1) is 33.6 Å². The minimum Gasteiger partial charge on any atom is -0.309 e. The van der Waals surface area contributed by atoms with Crippen molar-refractivity contribution < 1.29 is 0 Å². The molecule has 4 heterocycles. The van der Waals surface area contributed by atoms with Gasteiger partial charge in [-0.05, 0) is 81.7 Å². The van der Waals surface area contributed by atoms with E-state index in [9.17, 15) is 0 Å². The number of pyridine rings is 2. The SMILES string of the molecule is c1ccc(-c2cc(-c3ccc(-c4ccc5c(c4)cc(-c4ccccc4)n4nc(-c6ccccc6)c(-c6ccccc6)c54)cc3)cc(-c3ccc(-n4c5ccccc5c5ccccc54)cc3)n2)cc1. The number of aromatic nitrogens is 4. The maximum absolute atomic E-state index is 5.40. The van der Waals surface area contributed by atoms with E-state index in [0.717, 1.165) is 100 Å². The van der Waals surface area contributed by atoms with Crippen LogP contribution in [0.5, 0.6) is 0 Å². The molecule has 0 spiro atoms. The summed E-state index contributed by atoms with van der Waals surface area (Å²) < 4.78 is 4.51. The van der Waals surface area contributed by atoms with Gasteiger partial charge in [-0.25, -0.2) is 9.50 Å². The predicted octanol–water partition coefficient (Wildman–Crippen LogP) is 16.6. The van der Waals surface area contributed by atoms with Gasteiger partial charge in [0.1, 0.15) is 5.69 Å². The van der Waals surface area contributed by atoms with Gasteiger partial charge in [-0.15, -0.1) is 0 Å². The molecule has 0 aliphatic carbocycles. The normalized spacial score (nSPS) is 11.5. The van der Waals surface area contributed by atoms with Crippen LogP contribution >= 0.6 is 0 Å². The Morgan fingerprint density at radius 3 is 1.38 bits per heavy atom. The molecule has 318 valence electrons. The molecule has 4 nitrogen and oxygen atoms in total. The Kier molecular flexibility index (Phi) is 9.47. The zero-order valence-corrected chi connectivity index (χ0v) is 37.0. The van der Waals surface area contributed by atoms with Crippen LogP contribution in [-0.4, -0.2) is 19.2 Å². The Morgan fingerprint density at radius 1 is 0.309 bits per heavy atom. The highest BCUT2D eigenvalue weighted by molar-refractivity contribution is 6.10. The fourth-order valence-electron chi connectivity index (χ4n) is 10.1. The zero-order valence-electron chi connectivity index (χ0n) is 37.0. The van der Waals surface area contributed by atoms with Gasteiger partial charge >= 0.3 is 0 Å². The summed E-state index contributed by atoms with van der Waals surface area (Å²) in [5.74, 6) is 0. The number of fused-ring (bicyclic) bond motifs is 6. The van der Waals surface area contributed by atoms with E-state index in [1.54, 1.807) is 0 Å². The molecule has 0 N–H and O–H groups in total. The van der Waals surface area contributed by atoms with Crippen LogP contribution < -0.4 is 0 Å². The molecule has 0 bridgehead atoms. The Labute approximate surface area is 394 Å². The molecule has 0 saturated heterocycles. The molecule has 0 aliphatic rings. The lowest BCUT2D eigenvalue weighted by molar-refractivity contribution is 0.979. The maximum Gasteiger partial charge on any atom is 0.101 e. The number of hydrogen-bond donors (Lipinski definition) is 0. The Bertz CT molecular complexity index is 3910. The summed E-state index contributed by atoms with van der Waals surface area (Å²) in [6.45, 7) is 0. The van der Waals surface area contributed by atoms with Gasteiger partial charge in [-0.1, -0.05) is 206 Å². The molecular weight excluding hydrogens is 825 g/mol. The Balaban J connectivity index is 0.904. The Morgan fingerprint density at radius 2 is 0.779 bits per heavy atom. The third-order valence-electron chi connectivity index (χ3n) is 13.3. The monoisotopic (exact) mass is 866 g/mol. The average Bonchev–Trinajstić information content (AvgIpc) is 3.99. The third-order valence-corrected chi connectivity index (χ3v) is 13.3. The highest BCUT2D eigenvalue weighted by atomic mass is 15.2. The molecule has 68 heavy (non-hydrogen) atoms. The number of para-hydroxylation sites is 2. The first kappa shape index (κ1) is 39.3. The molecule has 0 unspecified atom stereocenters. The largest absolute Gasteiger partial charge is 0.309 e. The van der Waals surface area contributed by atoms with E-state index in [1.165, 1.54) is 21.8 Å². The van der Waals surface area contributed by atoms with Crippen molar-refractivity contribution in [1.82, 2.24) is 19.2 Å². The molecule has 0 fully saturated rings. The highest BCUT2D eigenvalue weighted by Gasteiger charge is 2.22. The van der Waals surface area contributed by atoms with Gasteiger partial charge in [-0.2, -0.15) is 5.10 Å². The van der Waals surface area contributed by atoms with E-state index in [-0.39, 0.29) is 0 Å². The summed E-state index contributed by atoms with van der Waals surface area (Å²) >= 11 is 0. The first-order valence-electron chi connectivity index (χ1n) is 23.1. The second-order valence-corrected chi connectivity index (χ2v) is 17.4. The maximum atomic E-state index is 5.40. The first-order valence-corrected chi connectivity index (χ1v) is 23.1. The highest BCUT2D eigenvalue weighted by Crippen LogP contribution is 2.42. The minimum absolute atomic E-state index is 0.930. The van der Waals surface area contributed by atoms with Gasteiger partial charge in [0.15, 0.2) is 0 Å². The smallest absolute Gasteiger partial charge is 0.101 e. The van der Waals surface area contributed by atoms with E-state index in [1.807, 2.05) is 0 Å². The lowest BCUT2D eigenvalue weighted by Gasteiger charge is -2.13. The van der Waals surface area contributed by atoms with Crippen molar-refractivity contribution in [2.75, 3.05) is 0 Å². The predicted molar refractivity (Wildman–Crippen MR) is 283 cm³/mol. The van der Waals surface area contributed by atoms with Crippen molar-refractivity contribution in [3.8, 4) is 84.1 Å². The summed E-state index contributed by atoms with van der Waals surface area (Å²) in [7, 11) is 0. The molecule has 0 saturated carbocycles. The summed E-state index contributed by atoms with van der Waals surface area (Å²) in [6.07, 6.45) is 0. The topological polar surface area (TPSA) is 35.1 Å². The standard InChI is InChI=1S/C64H42N4/c1-5-17-45(18-6-1)57-40-51(41-58(65-57)46-33-36-53(37-34-46)67-59-27-15-13-25-55(59)56-26-14-16-28-60(56)67)44-31-29-43(30-32-44)50-35-38-54-52(39-50)42-61(47-19-7-2-8-20-47)68-64(54)62(48-21-9-3-10-22-48)63(66-68)49-23-11-4-12-24-49/h1-42H. The first-order chi connectivity index (χ1) is 33.7. The van der Waals surface area contributed by atoms with Crippen LogP contribution in [0.15, 0.2) is 255 Å². The van der Waals surface area contributed by atoms with Gasteiger partial charge in [0.25, 0.3) is 0 Å². The fourth-order valence-corrected chi connectivity index (χ4v) is 10.1. The van der Waals surface area contributed by atoms with Crippen molar-refractivity contribution in [1.29, 1.82) is 0 Å². The molecule has 0 atom stereocenters. The van der Waals surface area contributed by atoms with Crippen molar-refractivity contribution in [3.05, 3.63) is 255 Å². The van der Waals surface area contributed by atoms with Gasteiger partial charge in [-0.3, -0.25) is 0 Å². The van der Waals surface area contributed by atoms with Crippen LogP contribution in [0.25, 0.3) is 122 Å². The quantitative estimate of drug-likeness (QED) is 0.153. The van der Waals surface area contributed by atoms with Crippen LogP contribution in [0, 0.1) is 0 Å². The van der Waals surface area contributed by atoms with Crippen LogP contribution in [0.3, 0.4) is 0 Å². The molecule has 0 radical (unpaired) electrons. The van der Waals surface area contributed by atoms with Crippen LogP contribution in [-0.2, 0) is 0 Å². The van der Waals surface area contributed by atoms with Crippen molar-refractivity contribution in [2.24, 2.45) is 0 Å². The van der Waals surface area contributed by atoms with Crippen molar-refractivity contribution >= 4 is 38.1 Å². The van der Waals surface area contributed by atoms with E-state index in [2.05, 4.69) is 264 Å². The number of hydrogen-bond acceptors (Lipinski definition) is 2. The molecule has 13 aromatic rings. The molecule has 13 rings (SSSR count). The fraction of sp³-hybridized carbons (Fsp3) is 0. The van der Waals surface area contributed by atoms with E-state index in [0.29, 0.717) is 0 Å². The molecule has 9 aromatic carbocycles. The molecular formula is C64H42N4. The lowest BCUT2D eigenvalue weighted by atomic mass is 9.94. The molecule has 4 aromatic heterocycles. The van der Waals surface area contributed by atoms with Crippen LogP contribution in [0.4, 0.5) is 0 Å². The third kappa shape index (κ3) is 6.78. The number of rotatable bonds is 8. The summed E-state index contributed by atoms with van der Waals surface area (Å²) in [5.41, 5.74) is 19.6. The van der Waals surface area contributed by atoms with Crippen molar-refractivity contribution in [3.63, 3.8) is 0 Å².